The van der Waals surface area contributed by atoms with Crippen LogP contribution in [0.15, 0.2) is 29.2 Å². The maximum atomic E-state index is 12.1. The average Bonchev–Trinajstić information content (AvgIpc) is 2.86. The minimum absolute atomic E-state index is 0.0451. The Kier molecular flexibility index (Phi) is 5.91. The Morgan fingerprint density at radius 2 is 2.08 bits per heavy atom. The van der Waals surface area contributed by atoms with Crippen molar-refractivity contribution in [3.63, 3.8) is 0 Å². The van der Waals surface area contributed by atoms with Crippen LogP contribution in [-0.2, 0) is 30.8 Å². The number of hydrogen-bond donors (Lipinski definition) is 2. The van der Waals surface area contributed by atoms with Crippen LogP contribution in [-0.4, -0.2) is 50.5 Å². The number of likely N-dealkylation sites (tertiary alicyclic amines) is 1. The molecule has 25 heavy (non-hydrogen) atoms. The summed E-state index contributed by atoms with van der Waals surface area (Å²) in [6.07, 6.45) is 1.11. The molecule has 1 heterocycles. The Labute approximate surface area is 146 Å². The van der Waals surface area contributed by atoms with Gasteiger partial charge in [0.05, 0.1) is 4.90 Å². The molecule has 0 bridgehead atoms. The van der Waals surface area contributed by atoms with E-state index in [1.54, 1.807) is 19.1 Å². The molecule has 0 spiro atoms. The second kappa shape index (κ2) is 7.75. The summed E-state index contributed by atoms with van der Waals surface area (Å²) in [6, 6.07) is 6.29. The normalized spacial score (nSPS) is 17.8. The molecular weight excluding hydrogens is 346 g/mol. The first-order chi connectivity index (χ1) is 11.7. The number of primary sulfonamides is 1. The van der Waals surface area contributed by atoms with Gasteiger partial charge >= 0.3 is 0 Å². The maximum Gasteiger partial charge on any atom is 0.290 e. The lowest BCUT2D eigenvalue weighted by atomic mass is 10.1. The number of aryl methyl sites for hydroxylation is 1. The van der Waals surface area contributed by atoms with Crippen molar-refractivity contribution >= 4 is 27.6 Å². The van der Waals surface area contributed by atoms with Gasteiger partial charge in [-0.15, -0.1) is 0 Å². The van der Waals surface area contributed by atoms with Gasteiger partial charge in [0.2, 0.25) is 21.7 Å². The molecule has 1 fully saturated rings. The van der Waals surface area contributed by atoms with E-state index < -0.39 is 33.5 Å². The van der Waals surface area contributed by atoms with Gasteiger partial charge in [0.1, 0.15) is 5.92 Å². The predicted molar refractivity (Wildman–Crippen MR) is 89.9 cm³/mol. The molecule has 1 atom stereocenters. The number of hydrogen-bond acceptors (Lipinski definition) is 5. The fourth-order valence-electron chi connectivity index (χ4n) is 2.67. The molecule has 3 N–H and O–H groups in total. The molecule has 1 aliphatic rings. The third-order valence-corrected chi connectivity index (χ3v) is 5.00. The molecule has 0 radical (unpaired) electrons. The second-order valence-electron chi connectivity index (χ2n) is 5.85. The molecule has 8 nitrogen and oxygen atoms in total. The fraction of sp³-hybridized carbons (Fsp3) is 0.438. The first kappa shape index (κ1) is 19.1. The van der Waals surface area contributed by atoms with Crippen LogP contribution in [0.1, 0.15) is 18.9 Å². The topological polar surface area (TPSA) is 127 Å². The first-order valence-electron chi connectivity index (χ1n) is 7.96. The van der Waals surface area contributed by atoms with E-state index in [2.05, 4.69) is 5.32 Å². The van der Waals surface area contributed by atoms with Crippen molar-refractivity contribution in [3.05, 3.63) is 29.8 Å². The monoisotopic (exact) mass is 367 g/mol. The zero-order valence-corrected chi connectivity index (χ0v) is 14.7. The number of nitrogens with zero attached hydrogens (tertiary/aromatic N) is 1. The highest BCUT2D eigenvalue weighted by molar-refractivity contribution is 7.89. The third kappa shape index (κ3) is 4.64. The zero-order valence-electron chi connectivity index (χ0n) is 13.9. The van der Waals surface area contributed by atoms with E-state index in [9.17, 15) is 22.8 Å². The van der Waals surface area contributed by atoms with E-state index in [4.69, 9.17) is 5.14 Å². The molecular formula is C16H21N3O5S. The van der Waals surface area contributed by atoms with E-state index in [1.165, 1.54) is 17.0 Å². The summed E-state index contributed by atoms with van der Waals surface area (Å²) >= 11 is 0. The van der Waals surface area contributed by atoms with Crippen LogP contribution >= 0.6 is 0 Å². The lowest BCUT2D eigenvalue weighted by Gasteiger charge is -2.12. The number of benzene rings is 1. The van der Waals surface area contributed by atoms with E-state index in [0.717, 1.165) is 5.56 Å². The molecule has 2 amide bonds. The van der Waals surface area contributed by atoms with Crippen LogP contribution in [0.4, 0.5) is 0 Å². The van der Waals surface area contributed by atoms with Crippen LogP contribution in [0.2, 0.25) is 0 Å². The largest absolute Gasteiger partial charge is 0.355 e. The molecule has 1 aromatic rings. The summed E-state index contributed by atoms with van der Waals surface area (Å²) in [7, 11) is -3.74. The maximum absolute atomic E-state index is 12.1. The van der Waals surface area contributed by atoms with Gasteiger partial charge in [-0.05, 0) is 37.5 Å². The molecule has 1 aliphatic heterocycles. The Morgan fingerprint density at radius 3 is 2.68 bits per heavy atom. The van der Waals surface area contributed by atoms with Crippen molar-refractivity contribution in [2.45, 2.75) is 24.7 Å². The van der Waals surface area contributed by atoms with E-state index in [-0.39, 0.29) is 11.4 Å². The molecule has 1 saturated heterocycles. The van der Waals surface area contributed by atoms with Gasteiger partial charge in [0, 0.05) is 19.6 Å². The number of nitrogens with two attached hydrogens (primary N) is 1. The second-order valence-corrected chi connectivity index (χ2v) is 7.41. The number of carbonyl (C=O) groups excluding carboxylic acids is 3. The zero-order chi connectivity index (χ0) is 18.6. The van der Waals surface area contributed by atoms with Crippen molar-refractivity contribution in [1.29, 1.82) is 0 Å². The van der Waals surface area contributed by atoms with Crippen LogP contribution in [0.3, 0.4) is 0 Å². The number of Topliss-reactive ketones (excluding diaryl/α,β-unsaturated/α-hetero) is 1. The molecule has 0 saturated carbocycles. The predicted octanol–water partition coefficient (Wildman–Crippen LogP) is -0.570. The third-order valence-electron chi connectivity index (χ3n) is 4.08. The standard InChI is InChI=1S/C16H21N3O5S/c1-2-19-10-13(14(20)16(19)22)15(21)18-8-4-6-11-5-3-7-12(9-11)25(17,23)24/h3,5,7,9,13H,2,4,6,8,10H2,1H3,(H,18,21)(H2,17,23,24). The highest BCUT2D eigenvalue weighted by Crippen LogP contribution is 2.14. The highest BCUT2D eigenvalue weighted by atomic mass is 32.2. The van der Waals surface area contributed by atoms with Crippen molar-refractivity contribution < 1.29 is 22.8 Å². The molecule has 0 aliphatic carbocycles. The Bertz CT molecular complexity index is 791. The van der Waals surface area contributed by atoms with Crippen molar-refractivity contribution in [2.24, 2.45) is 11.1 Å². The molecule has 1 unspecified atom stereocenters. The lowest BCUT2D eigenvalue weighted by molar-refractivity contribution is -0.142. The minimum atomic E-state index is -3.74. The Morgan fingerprint density at radius 1 is 1.36 bits per heavy atom. The van der Waals surface area contributed by atoms with Crippen LogP contribution in [0, 0.1) is 5.92 Å². The lowest BCUT2D eigenvalue weighted by Crippen LogP contribution is -2.36. The molecule has 9 heteroatoms. The molecule has 136 valence electrons. The first-order valence-corrected chi connectivity index (χ1v) is 9.51. The number of amides is 2. The summed E-state index contributed by atoms with van der Waals surface area (Å²) in [4.78, 5) is 36.8. The van der Waals surface area contributed by atoms with Crippen LogP contribution in [0.5, 0.6) is 0 Å². The van der Waals surface area contributed by atoms with Gasteiger partial charge in [-0.2, -0.15) is 0 Å². The molecule has 2 rings (SSSR count). The van der Waals surface area contributed by atoms with E-state index in [0.29, 0.717) is 25.9 Å². The van der Waals surface area contributed by atoms with Crippen molar-refractivity contribution in [1.82, 2.24) is 10.2 Å². The number of carbonyl (C=O) groups is 3. The van der Waals surface area contributed by atoms with E-state index in [1.807, 2.05) is 0 Å². The molecule has 0 aromatic heterocycles. The van der Waals surface area contributed by atoms with Gasteiger partial charge in [-0.25, -0.2) is 13.6 Å². The van der Waals surface area contributed by atoms with Gasteiger partial charge in [0.15, 0.2) is 0 Å². The number of ketones is 1. The van der Waals surface area contributed by atoms with Crippen molar-refractivity contribution in [3.8, 4) is 0 Å². The summed E-state index contributed by atoms with van der Waals surface area (Å²) in [5, 5.41) is 7.74. The van der Waals surface area contributed by atoms with E-state index >= 15 is 0 Å². The minimum Gasteiger partial charge on any atom is -0.355 e. The summed E-state index contributed by atoms with van der Waals surface area (Å²) in [6.45, 7) is 2.59. The van der Waals surface area contributed by atoms with Gasteiger partial charge in [0.25, 0.3) is 5.91 Å². The Balaban J connectivity index is 1.83. The number of sulfonamides is 1. The number of likely N-dealkylation sites (N-methyl/N-ethyl adjacent to an activating group) is 1. The van der Waals surface area contributed by atoms with Crippen LogP contribution < -0.4 is 10.5 Å². The number of nitrogens with one attached hydrogen (secondary N) is 1. The fourth-order valence-corrected chi connectivity index (χ4v) is 3.25. The molecule has 1 aromatic carbocycles. The quantitative estimate of drug-likeness (QED) is 0.379. The Hall–Kier alpha value is -2.26. The highest BCUT2D eigenvalue weighted by Gasteiger charge is 2.42. The SMILES string of the molecule is CCN1CC(C(=O)NCCCc2cccc(S(N)(=O)=O)c2)C(=O)C1=O. The van der Waals surface area contributed by atoms with Gasteiger partial charge < -0.3 is 10.2 Å². The van der Waals surface area contributed by atoms with Gasteiger partial charge in [-0.1, -0.05) is 12.1 Å². The summed E-state index contributed by atoms with van der Waals surface area (Å²) in [5.74, 6) is -2.67. The van der Waals surface area contributed by atoms with Crippen molar-refractivity contribution in [2.75, 3.05) is 19.6 Å². The number of rotatable bonds is 7. The van der Waals surface area contributed by atoms with Gasteiger partial charge in [-0.3, -0.25) is 14.4 Å². The summed E-state index contributed by atoms with van der Waals surface area (Å²) in [5.41, 5.74) is 0.782. The smallest absolute Gasteiger partial charge is 0.290 e. The summed E-state index contributed by atoms with van der Waals surface area (Å²) < 4.78 is 22.6. The average molecular weight is 367 g/mol. The van der Waals surface area contributed by atoms with Crippen LogP contribution in [0.25, 0.3) is 0 Å².